The van der Waals surface area contributed by atoms with Crippen LogP contribution < -0.4 is 5.32 Å². The van der Waals surface area contributed by atoms with Crippen LogP contribution in [0.25, 0.3) is 0 Å². The van der Waals surface area contributed by atoms with E-state index in [2.05, 4.69) is 10.2 Å². The zero-order valence-corrected chi connectivity index (χ0v) is 12.9. The number of hydrogen-bond donors (Lipinski definition) is 2. The molecule has 0 aromatic rings. The molecule has 2 aliphatic carbocycles. The van der Waals surface area contributed by atoms with Crippen LogP contribution in [0.2, 0.25) is 0 Å². The summed E-state index contributed by atoms with van der Waals surface area (Å²) < 4.78 is 5.45. The maximum atomic E-state index is 12.4. The fourth-order valence-corrected chi connectivity index (χ4v) is 3.89. The number of carbonyl (C=O) groups is 1. The number of ether oxygens (including phenoxy) is 1. The Hall–Kier alpha value is -0.650. The predicted octanol–water partition coefficient (Wildman–Crippen LogP) is 0.910. The molecule has 1 saturated heterocycles. The summed E-state index contributed by atoms with van der Waals surface area (Å²) in [6.07, 6.45) is 7.40. The van der Waals surface area contributed by atoms with Crippen molar-refractivity contribution in [1.82, 2.24) is 10.2 Å². The smallest absolute Gasteiger partial charge is 0.221 e. The van der Waals surface area contributed by atoms with Crippen molar-refractivity contribution < 1.29 is 14.6 Å². The Morgan fingerprint density at radius 3 is 2.38 bits per heavy atom. The maximum absolute atomic E-state index is 12.4. The van der Waals surface area contributed by atoms with Crippen LogP contribution in [0.15, 0.2) is 0 Å². The van der Waals surface area contributed by atoms with Crippen LogP contribution in [-0.2, 0) is 9.53 Å². The summed E-state index contributed by atoms with van der Waals surface area (Å²) >= 11 is 0. The van der Waals surface area contributed by atoms with Crippen molar-refractivity contribution in [2.24, 2.45) is 5.41 Å². The van der Waals surface area contributed by atoms with Crippen molar-refractivity contribution in [3.63, 3.8) is 0 Å². The van der Waals surface area contributed by atoms with Gasteiger partial charge in [-0.1, -0.05) is 12.8 Å². The van der Waals surface area contributed by atoms with Gasteiger partial charge >= 0.3 is 0 Å². The van der Waals surface area contributed by atoms with Crippen LogP contribution in [0, 0.1) is 5.41 Å². The number of nitrogens with one attached hydrogen (secondary N) is 1. The molecule has 2 N–H and O–H groups in total. The Balaban J connectivity index is 1.55. The van der Waals surface area contributed by atoms with Crippen LogP contribution >= 0.6 is 0 Å². The first-order chi connectivity index (χ1) is 10.2. The molecule has 5 nitrogen and oxygen atoms in total. The quantitative estimate of drug-likeness (QED) is 0.765. The third-order valence-corrected chi connectivity index (χ3v) is 5.66. The summed E-state index contributed by atoms with van der Waals surface area (Å²) in [5.74, 6) is 0.156. The van der Waals surface area contributed by atoms with E-state index in [1.807, 2.05) is 0 Å². The molecule has 2 saturated carbocycles. The Bertz CT molecular complexity index is 370. The predicted molar refractivity (Wildman–Crippen MR) is 80.0 cm³/mol. The lowest BCUT2D eigenvalue weighted by molar-refractivity contribution is -0.125. The highest BCUT2D eigenvalue weighted by molar-refractivity contribution is 5.77. The second-order valence-corrected chi connectivity index (χ2v) is 7.14. The molecule has 1 aliphatic heterocycles. The number of aliphatic hydroxyl groups excluding tert-OH is 1. The summed E-state index contributed by atoms with van der Waals surface area (Å²) in [4.78, 5) is 14.9. The lowest BCUT2D eigenvalue weighted by Gasteiger charge is -2.43. The molecule has 0 radical (unpaired) electrons. The molecule has 5 heteroatoms. The number of hydrogen-bond acceptors (Lipinski definition) is 4. The van der Waals surface area contributed by atoms with E-state index in [-0.39, 0.29) is 23.5 Å². The fourth-order valence-electron chi connectivity index (χ4n) is 3.89. The highest BCUT2D eigenvalue weighted by atomic mass is 16.5. The zero-order chi connectivity index (χ0) is 14.8. The van der Waals surface area contributed by atoms with E-state index < -0.39 is 0 Å². The van der Waals surface area contributed by atoms with Crippen molar-refractivity contribution in [1.29, 1.82) is 0 Å². The molecule has 1 amide bonds. The molecule has 3 aliphatic rings. The van der Waals surface area contributed by atoms with Crippen LogP contribution in [0.5, 0.6) is 0 Å². The Morgan fingerprint density at radius 2 is 1.81 bits per heavy atom. The Morgan fingerprint density at radius 1 is 1.14 bits per heavy atom. The first-order valence-corrected chi connectivity index (χ1v) is 8.39. The minimum atomic E-state index is -0.00252. The molecule has 0 spiro atoms. The van der Waals surface area contributed by atoms with Crippen LogP contribution in [-0.4, -0.2) is 60.9 Å². The standard InChI is InChI=1S/C16H28N2O3/c19-13-15(5-6-15)12-17-14(20)11-16(3-1-2-4-16)18-7-9-21-10-8-18/h19H,1-13H2,(H,17,20). The van der Waals surface area contributed by atoms with Crippen molar-refractivity contribution in [3.8, 4) is 0 Å². The maximum Gasteiger partial charge on any atom is 0.221 e. The molecule has 3 rings (SSSR count). The van der Waals surface area contributed by atoms with Gasteiger partial charge in [-0.3, -0.25) is 9.69 Å². The SMILES string of the molecule is O=C(CC1(N2CCOCC2)CCCC1)NCC1(CO)CC1. The number of aliphatic hydroxyl groups is 1. The van der Waals surface area contributed by atoms with Gasteiger partial charge in [0.1, 0.15) is 0 Å². The molecule has 0 bridgehead atoms. The normalized spacial score (nSPS) is 27.5. The summed E-state index contributed by atoms with van der Waals surface area (Å²) in [5, 5.41) is 12.4. The fraction of sp³-hybridized carbons (Fsp3) is 0.938. The van der Waals surface area contributed by atoms with E-state index in [0.29, 0.717) is 13.0 Å². The van der Waals surface area contributed by atoms with Crippen molar-refractivity contribution >= 4 is 5.91 Å². The highest BCUT2D eigenvalue weighted by Crippen LogP contribution is 2.44. The first kappa shape index (κ1) is 15.3. The number of amides is 1. The van der Waals surface area contributed by atoms with Gasteiger partial charge in [-0.15, -0.1) is 0 Å². The van der Waals surface area contributed by atoms with E-state index in [0.717, 1.165) is 52.0 Å². The number of carbonyl (C=O) groups excluding carboxylic acids is 1. The molecule has 3 fully saturated rings. The lowest BCUT2D eigenvalue weighted by atomic mass is 9.89. The number of rotatable bonds is 6. The van der Waals surface area contributed by atoms with Crippen LogP contribution in [0.3, 0.4) is 0 Å². The minimum Gasteiger partial charge on any atom is -0.396 e. The van der Waals surface area contributed by atoms with Gasteiger partial charge in [0.15, 0.2) is 0 Å². The second kappa shape index (κ2) is 6.23. The van der Waals surface area contributed by atoms with Gasteiger partial charge in [-0.2, -0.15) is 0 Å². The first-order valence-electron chi connectivity index (χ1n) is 8.39. The molecule has 0 unspecified atom stereocenters. The summed E-state index contributed by atoms with van der Waals surface area (Å²) in [6.45, 7) is 4.32. The van der Waals surface area contributed by atoms with E-state index in [9.17, 15) is 9.90 Å². The third kappa shape index (κ3) is 3.41. The average molecular weight is 296 g/mol. The second-order valence-electron chi connectivity index (χ2n) is 7.14. The molecule has 1 heterocycles. The van der Waals surface area contributed by atoms with Crippen molar-refractivity contribution in [2.45, 2.75) is 50.5 Å². The van der Waals surface area contributed by atoms with Gasteiger partial charge in [0.05, 0.1) is 19.8 Å². The summed E-state index contributed by atoms with van der Waals surface area (Å²) in [5.41, 5.74) is 0.0568. The number of morpholine rings is 1. The molecule has 21 heavy (non-hydrogen) atoms. The molecule has 0 atom stereocenters. The van der Waals surface area contributed by atoms with Crippen molar-refractivity contribution in [3.05, 3.63) is 0 Å². The third-order valence-electron chi connectivity index (χ3n) is 5.66. The van der Waals surface area contributed by atoms with Crippen LogP contribution in [0.4, 0.5) is 0 Å². The molecule has 120 valence electrons. The van der Waals surface area contributed by atoms with Gasteiger partial charge in [-0.25, -0.2) is 0 Å². The Kier molecular flexibility index (Phi) is 4.52. The van der Waals surface area contributed by atoms with Gasteiger partial charge < -0.3 is 15.2 Å². The van der Waals surface area contributed by atoms with E-state index >= 15 is 0 Å². The van der Waals surface area contributed by atoms with Gasteiger partial charge in [0.2, 0.25) is 5.91 Å². The molecular weight excluding hydrogens is 268 g/mol. The van der Waals surface area contributed by atoms with Gasteiger partial charge in [0, 0.05) is 37.0 Å². The monoisotopic (exact) mass is 296 g/mol. The van der Waals surface area contributed by atoms with Crippen LogP contribution in [0.1, 0.15) is 44.9 Å². The van der Waals surface area contributed by atoms with E-state index in [1.54, 1.807) is 0 Å². The zero-order valence-electron chi connectivity index (χ0n) is 12.9. The van der Waals surface area contributed by atoms with E-state index in [1.165, 1.54) is 12.8 Å². The number of nitrogens with zero attached hydrogens (tertiary/aromatic N) is 1. The largest absolute Gasteiger partial charge is 0.396 e. The molecule has 0 aromatic carbocycles. The van der Waals surface area contributed by atoms with Crippen molar-refractivity contribution in [2.75, 3.05) is 39.5 Å². The molecular formula is C16H28N2O3. The highest BCUT2D eigenvalue weighted by Gasteiger charge is 2.44. The summed E-state index contributed by atoms with van der Waals surface area (Å²) in [6, 6.07) is 0. The Labute approximate surface area is 127 Å². The van der Waals surface area contributed by atoms with E-state index in [4.69, 9.17) is 4.74 Å². The topological polar surface area (TPSA) is 61.8 Å². The lowest BCUT2D eigenvalue weighted by Crippen LogP contribution is -2.54. The van der Waals surface area contributed by atoms with Gasteiger partial charge in [0.25, 0.3) is 0 Å². The van der Waals surface area contributed by atoms with Gasteiger partial charge in [-0.05, 0) is 25.7 Å². The minimum absolute atomic E-state index is 0.00252. The average Bonchev–Trinajstić information content (AvgIpc) is 3.17. The molecule has 0 aromatic heterocycles. The summed E-state index contributed by atoms with van der Waals surface area (Å²) in [7, 11) is 0.